The molecule has 0 radical (unpaired) electrons. The second kappa shape index (κ2) is 6.26. The van der Waals surface area contributed by atoms with Crippen LogP contribution in [0.1, 0.15) is 16.7 Å². The molecule has 3 heteroatoms. The first-order valence-corrected chi connectivity index (χ1v) is 7.23. The molecule has 0 saturated carbocycles. The molecule has 0 bridgehead atoms. The predicted molar refractivity (Wildman–Crippen MR) is 79.6 cm³/mol. The van der Waals surface area contributed by atoms with Crippen LogP contribution in [0.3, 0.4) is 0 Å². The summed E-state index contributed by atoms with van der Waals surface area (Å²) in [4.78, 5) is 0. The normalized spacial score (nSPS) is 10.4. The van der Waals surface area contributed by atoms with Crippen LogP contribution in [0.4, 0.5) is 0 Å². The van der Waals surface area contributed by atoms with E-state index in [9.17, 15) is 0 Å². The van der Waals surface area contributed by atoms with Gasteiger partial charge in [-0.2, -0.15) is 0 Å². The zero-order valence-electron chi connectivity index (χ0n) is 10.1. The summed E-state index contributed by atoms with van der Waals surface area (Å²) in [6, 6.07) is 14.0. The largest absolute Gasteiger partial charge is 0.487 e. The van der Waals surface area contributed by atoms with Crippen molar-refractivity contribution in [2.45, 2.75) is 18.9 Å². The summed E-state index contributed by atoms with van der Waals surface area (Å²) in [5.74, 6) is 0.763. The first-order valence-electron chi connectivity index (χ1n) is 5.73. The molecule has 0 saturated heterocycles. The van der Waals surface area contributed by atoms with Gasteiger partial charge in [-0.05, 0) is 24.1 Å². The monoisotopic (exact) mass is 324 g/mol. The number of halogens is 2. The summed E-state index contributed by atoms with van der Waals surface area (Å²) in [7, 11) is 0. The highest BCUT2D eigenvalue weighted by Crippen LogP contribution is 2.31. The minimum absolute atomic E-state index is 0.538. The molecular weight excluding hydrogens is 312 g/mol. The highest BCUT2D eigenvalue weighted by Gasteiger charge is 2.08. The van der Waals surface area contributed by atoms with Crippen LogP contribution in [0.5, 0.6) is 5.75 Å². The van der Waals surface area contributed by atoms with Gasteiger partial charge in [0.15, 0.2) is 0 Å². The third-order valence-corrected chi connectivity index (χ3v) is 3.73. The number of aryl methyl sites for hydroxylation is 1. The minimum atomic E-state index is 0.538. The van der Waals surface area contributed by atoms with Gasteiger partial charge in [-0.15, -0.1) is 0 Å². The van der Waals surface area contributed by atoms with E-state index in [4.69, 9.17) is 16.3 Å². The molecule has 0 spiro atoms. The molecule has 0 aliphatic carbocycles. The number of rotatable bonds is 4. The quantitative estimate of drug-likeness (QED) is 0.709. The van der Waals surface area contributed by atoms with Gasteiger partial charge in [0.1, 0.15) is 12.4 Å². The molecule has 0 aromatic heterocycles. The Morgan fingerprint density at radius 1 is 1.06 bits per heavy atom. The Bertz CT molecular complexity index is 540. The van der Waals surface area contributed by atoms with Gasteiger partial charge in [-0.25, -0.2) is 0 Å². The fraction of sp³-hybridized carbons (Fsp3) is 0.200. The SMILES string of the molecule is Cc1ccccc1COc1c(Cl)cccc1CBr. The molecule has 0 aliphatic rings. The zero-order valence-corrected chi connectivity index (χ0v) is 12.5. The maximum Gasteiger partial charge on any atom is 0.142 e. The van der Waals surface area contributed by atoms with Crippen molar-refractivity contribution in [3.8, 4) is 5.75 Å². The molecule has 0 heterocycles. The average Bonchev–Trinajstić information content (AvgIpc) is 2.39. The van der Waals surface area contributed by atoms with Crippen LogP contribution in [0.25, 0.3) is 0 Å². The Labute approximate surface area is 121 Å². The molecule has 2 rings (SSSR count). The number of hydrogen-bond donors (Lipinski definition) is 0. The summed E-state index contributed by atoms with van der Waals surface area (Å²) in [6.07, 6.45) is 0. The van der Waals surface area contributed by atoms with Gasteiger partial charge in [0.2, 0.25) is 0 Å². The summed E-state index contributed by atoms with van der Waals surface area (Å²) in [6.45, 7) is 2.62. The molecule has 0 N–H and O–H groups in total. The van der Waals surface area contributed by atoms with Gasteiger partial charge < -0.3 is 4.74 Å². The lowest BCUT2D eigenvalue weighted by Crippen LogP contribution is -2.00. The van der Waals surface area contributed by atoms with Crippen molar-refractivity contribution in [3.63, 3.8) is 0 Å². The third kappa shape index (κ3) is 3.06. The van der Waals surface area contributed by atoms with Gasteiger partial charge in [0, 0.05) is 10.9 Å². The van der Waals surface area contributed by atoms with E-state index in [-0.39, 0.29) is 0 Å². The van der Waals surface area contributed by atoms with Gasteiger partial charge in [-0.3, -0.25) is 0 Å². The van der Waals surface area contributed by atoms with Crippen molar-refractivity contribution in [2.75, 3.05) is 0 Å². The first-order chi connectivity index (χ1) is 8.72. The van der Waals surface area contributed by atoms with E-state index in [1.54, 1.807) is 0 Å². The molecule has 1 nitrogen and oxygen atoms in total. The molecule has 0 atom stereocenters. The standard InChI is InChI=1S/C15H14BrClO/c1-11-5-2-3-6-13(11)10-18-15-12(9-16)7-4-8-14(15)17/h2-8H,9-10H2,1H3. The Balaban J connectivity index is 2.18. The summed E-state index contributed by atoms with van der Waals surface area (Å²) >= 11 is 9.61. The van der Waals surface area contributed by atoms with E-state index in [1.165, 1.54) is 11.1 Å². The number of ether oxygens (including phenoxy) is 1. The molecule has 18 heavy (non-hydrogen) atoms. The first kappa shape index (κ1) is 13.4. The highest BCUT2D eigenvalue weighted by atomic mass is 79.9. The molecule has 0 unspecified atom stereocenters. The third-order valence-electron chi connectivity index (χ3n) is 2.83. The Morgan fingerprint density at radius 2 is 1.78 bits per heavy atom. The van der Waals surface area contributed by atoms with Crippen LogP contribution < -0.4 is 4.74 Å². The van der Waals surface area contributed by atoms with Crippen LogP contribution in [0.15, 0.2) is 42.5 Å². The molecule has 0 fully saturated rings. The number of alkyl halides is 1. The predicted octanol–water partition coefficient (Wildman–Crippen LogP) is 5.12. The van der Waals surface area contributed by atoms with E-state index in [0.29, 0.717) is 11.6 Å². The highest BCUT2D eigenvalue weighted by molar-refractivity contribution is 9.08. The van der Waals surface area contributed by atoms with Gasteiger partial charge in [0.05, 0.1) is 5.02 Å². The van der Waals surface area contributed by atoms with E-state index in [2.05, 4.69) is 35.0 Å². The van der Waals surface area contributed by atoms with Crippen LogP contribution >= 0.6 is 27.5 Å². The second-order valence-corrected chi connectivity index (χ2v) is 5.04. The van der Waals surface area contributed by atoms with Gasteiger partial charge in [-0.1, -0.05) is 63.9 Å². The van der Waals surface area contributed by atoms with Crippen LogP contribution in [0, 0.1) is 6.92 Å². The minimum Gasteiger partial charge on any atom is -0.487 e. The van der Waals surface area contributed by atoms with Crippen molar-refractivity contribution in [1.29, 1.82) is 0 Å². The van der Waals surface area contributed by atoms with Crippen LogP contribution in [-0.4, -0.2) is 0 Å². The molecule has 94 valence electrons. The van der Waals surface area contributed by atoms with Crippen molar-refractivity contribution in [1.82, 2.24) is 0 Å². The van der Waals surface area contributed by atoms with E-state index >= 15 is 0 Å². The molecule has 0 aliphatic heterocycles. The second-order valence-electron chi connectivity index (χ2n) is 4.08. The van der Waals surface area contributed by atoms with E-state index in [0.717, 1.165) is 16.6 Å². The van der Waals surface area contributed by atoms with Crippen molar-refractivity contribution >= 4 is 27.5 Å². The average molecular weight is 326 g/mol. The van der Waals surface area contributed by atoms with Crippen molar-refractivity contribution in [3.05, 3.63) is 64.2 Å². The lowest BCUT2D eigenvalue weighted by molar-refractivity contribution is 0.303. The summed E-state index contributed by atoms with van der Waals surface area (Å²) in [5, 5.41) is 1.39. The lowest BCUT2D eigenvalue weighted by atomic mass is 10.1. The molecular formula is C15H14BrClO. The molecule has 2 aromatic carbocycles. The molecule has 0 amide bonds. The lowest BCUT2D eigenvalue weighted by Gasteiger charge is -2.13. The topological polar surface area (TPSA) is 9.23 Å². The van der Waals surface area contributed by atoms with Crippen LogP contribution in [-0.2, 0) is 11.9 Å². The smallest absolute Gasteiger partial charge is 0.142 e. The Hall–Kier alpha value is -0.990. The Morgan fingerprint density at radius 3 is 2.50 bits per heavy atom. The van der Waals surface area contributed by atoms with Gasteiger partial charge in [0.25, 0.3) is 0 Å². The maximum absolute atomic E-state index is 6.17. The summed E-state index contributed by atoms with van der Waals surface area (Å²) < 4.78 is 5.86. The number of hydrogen-bond acceptors (Lipinski definition) is 1. The van der Waals surface area contributed by atoms with E-state index in [1.807, 2.05) is 30.3 Å². The zero-order chi connectivity index (χ0) is 13.0. The van der Waals surface area contributed by atoms with Gasteiger partial charge >= 0.3 is 0 Å². The number of benzene rings is 2. The Kier molecular flexibility index (Phi) is 4.67. The van der Waals surface area contributed by atoms with Crippen molar-refractivity contribution in [2.24, 2.45) is 0 Å². The van der Waals surface area contributed by atoms with Crippen molar-refractivity contribution < 1.29 is 4.74 Å². The molecule has 2 aromatic rings. The van der Waals surface area contributed by atoms with Crippen LogP contribution in [0.2, 0.25) is 5.02 Å². The maximum atomic E-state index is 6.17. The fourth-order valence-electron chi connectivity index (χ4n) is 1.74. The summed E-state index contributed by atoms with van der Waals surface area (Å²) in [5.41, 5.74) is 3.47. The fourth-order valence-corrected chi connectivity index (χ4v) is 2.43. The van der Waals surface area contributed by atoms with E-state index < -0.39 is 0 Å². The number of para-hydroxylation sites is 1.